The molecule has 0 saturated carbocycles. The lowest BCUT2D eigenvalue weighted by molar-refractivity contribution is 0.206. The number of halogens is 1. The van der Waals surface area contributed by atoms with Gasteiger partial charge in [0, 0.05) is 30.7 Å². The molecule has 4 heteroatoms. The van der Waals surface area contributed by atoms with Gasteiger partial charge in [-0.25, -0.2) is 4.39 Å². The van der Waals surface area contributed by atoms with Crippen molar-refractivity contribution in [1.29, 1.82) is 0 Å². The molecule has 2 saturated heterocycles. The van der Waals surface area contributed by atoms with Crippen LogP contribution >= 0.6 is 0 Å². The van der Waals surface area contributed by atoms with E-state index < -0.39 is 0 Å². The summed E-state index contributed by atoms with van der Waals surface area (Å²) in [5.74, 6) is -0.0801. The number of benzene rings is 1. The molecule has 2 heterocycles. The largest absolute Gasteiger partial charge is 0.508 e. The zero-order valence-corrected chi connectivity index (χ0v) is 12.1. The second kappa shape index (κ2) is 5.70. The minimum atomic E-state index is -0.278. The van der Waals surface area contributed by atoms with Crippen molar-refractivity contribution in [3.8, 4) is 5.75 Å². The molecule has 2 aliphatic heterocycles. The number of phenolic OH excluding ortho intramolecular Hbond substituents is 1. The van der Waals surface area contributed by atoms with E-state index in [4.69, 9.17) is 0 Å². The summed E-state index contributed by atoms with van der Waals surface area (Å²) < 4.78 is 13.4. The Morgan fingerprint density at radius 3 is 2.75 bits per heavy atom. The summed E-state index contributed by atoms with van der Waals surface area (Å²) in [5, 5.41) is 9.94. The summed E-state index contributed by atoms with van der Waals surface area (Å²) in [6, 6.07) is 4.93. The van der Waals surface area contributed by atoms with Gasteiger partial charge in [0.2, 0.25) is 0 Å². The fraction of sp³-hybridized carbons (Fsp3) is 0.625. The van der Waals surface area contributed by atoms with Crippen LogP contribution in [0.15, 0.2) is 18.2 Å². The highest BCUT2D eigenvalue weighted by molar-refractivity contribution is 5.35. The lowest BCUT2D eigenvalue weighted by Gasteiger charge is -2.27. The third-order valence-electron chi connectivity index (χ3n) is 4.84. The van der Waals surface area contributed by atoms with E-state index in [1.165, 1.54) is 50.6 Å². The molecule has 1 aromatic carbocycles. The SMILES string of the molecule is CC(c1cc(F)ccc1O)N1CCC(N2CCCC2)C1. The first kappa shape index (κ1) is 13.8. The summed E-state index contributed by atoms with van der Waals surface area (Å²) in [4.78, 5) is 4.94. The van der Waals surface area contributed by atoms with E-state index in [-0.39, 0.29) is 17.6 Å². The van der Waals surface area contributed by atoms with E-state index in [1.54, 1.807) is 0 Å². The van der Waals surface area contributed by atoms with E-state index >= 15 is 0 Å². The molecule has 2 atom stereocenters. The zero-order chi connectivity index (χ0) is 14.1. The van der Waals surface area contributed by atoms with Crippen molar-refractivity contribution in [3.05, 3.63) is 29.6 Å². The molecule has 1 N–H and O–H groups in total. The molecule has 2 unspecified atom stereocenters. The third kappa shape index (κ3) is 2.67. The van der Waals surface area contributed by atoms with Crippen molar-refractivity contribution in [1.82, 2.24) is 9.80 Å². The first-order valence-corrected chi connectivity index (χ1v) is 7.61. The minimum Gasteiger partial charge on any atom is -0.508 e. The van der Waals surface area contributed by atoms with E-state index in [2.05, 4.69) is 16.7 Å². The lowest BCUT2D eigenvalue weighted by Crippen LogP contribution is -2.35. The number of hydrogen-bond donors (Lipinski definition) is 1. The number of rotatable bonds is 3. The summed E-state index contributed by atoms with van der Waals surface area (Å²) >= 11 is 0. The van der Waals surface area contributed by atoms with Crippen LogP contribution in [0.4, 0.5) is 4.39 Å². The predicted octanol–water partition coefficient (Wildman–Crippen LogP) is 2.76. The average Bonchev–Trinajstić information content (AvgIpc) is 3.10. The Labute approximate surface area is 120 Å². The fourth-order valence-electron chi connectivity index (χ4n) is 3.58. The molecule has 0 aliphatic carbocycles. The Hall–Kier alpha value is -1.13. The summed E-state index contributed by atoms with van der Waals surface area (Å²) in [7, 11) is 0. The first-order valence-electron chi connectivity index (χ1n) is 7.61. The van der Waals surface area contributed by atoms with E-state index in [9.17, 15) is 9.50 Å². The van der Waals surface area contributed by atoms with Gasteiger partial charge in [-0.2, -0.15) is 0 Å². The molecule has 0 radical (unpaired) electrons. The number of likely N-dealkylation sites (tertiary alicyclic amines) is 2. The van der Waals surface area contributed by atoms with Crippen molar-refractivity contribution >= 4 is 0 Å². The lowest BCUT2D eigenvalue weighted by atomic mass is 10.1. The fourth-order valence-corrected chi connectivity index (χ4v) is 3.58. The van der Waals surface area contributed by atoms with Gasteiger partial charge in [0.25, 0.3) is 0 Å². The monoisotopic (exact) mass is 278 g/mol. The molecule has 2 aliphatic rings. The topological polar surface area (TPSA) is 26.7 Å². The van der Waals surface area contributed by atoms with Gasteiger partial charge in [-0.05, 0) is 57.5 Å². The Morgan fingerprint density at radius 2 is 2.00 bits per heavy atom. The Bertz CT molecular complexity index is 474. The summed E-state index contributed by atoms with van der Waals surface area (Å²) in [5.41, 5.74) is 0.701. The molecule has 20 heavy (non-hydrogen) atoms. The molecule has 3 nitrogen and oxygen atoms in total. The van der Waals surface area contributed by atoms with Crippen LogP contribution in [0.5, 0.6) is 5.75 Å². The second-order valence-corrected chi connectivity index (χ2v) is 6.06. The van der Waals surface area contributed by atoms with Crippen molar-refractivity contribution < 1.29 is 9.50 Å². The molecule has 0 bridgehead atoms. The van der Waals surface area contributed by atoms with E-state index in [0.29, 0.717) is 11.6 Å². The van der Waals surface area contributed by atoms with Gasteiger partial charge in [-0.3, -0.25) is 9.80 Å². The molecule has 110 valence electrons. The molecule has 0 spiro atoms. The highest BCUT2D eigenvalue weighted by Crippen LogP contribution is 2.32. The second-order valence-electron chi connectivity index (χ2n) is 6.06. The van der Waals surface area contributed by atoms with Crippen LogP contribution < -0.4 is 0 Å². The Kier molecular flexibility index (Phi) is 3.94. The number of nitrogens with zero attached hydrogens (tertiary/aromatic N) is 2. The van der Waals surface area contributed by atoms with Crippen molar-refractivity contribution in [2.24, 2.45) is 0 Å². The smallest absolute Gasteiger partial charge is 0.123 e. The molecule has 0 aromatic heterocycles. The average molecular weight is 278 g/mol. The van der Waals surface area contributed by atoms with Crippen molar-refractivity contribution in [3.63, 3.8) is 0 Å². The molecule has 3 rings (SSSR count). The quantitative estimate of drug-likeness (QED) is 0.921. The van der Waals surface area contributed by atoms with Crippen LogP contribution in [0.3, 0.4) is 0 Å². The van der Waals surface area contributed by atoms with Gasteiger partial charge >= 0.3 is 0 Å². The van der Waals surface area contributed by atoms with Crippen LogP contribution in [-0.2, 0) is 0 Å². The normalized spacial score (nSPS) is 26.2. The highest BCUT2D eigenvalue weighted by Gasteiger charge is 2.32. The first-order chi connectivity index (χ1) is 9.65. The Balaban J connectivity index is 1.68. The predicted molar refractivity (Wildman–Crippen MR) is 77.3 cm³/mol. The number of phenols is 1. The number of hydrogen-bond acceptors (Lipinski definition) is 3. The van der Waals surface area contributed by atoms with Gasteiger partial charge < -0.3 is 5.11 Å². The van der Waals surface area contributed by atoms with Gasteiger partial charge in [-0.15, -0.1) is 0 Å². The zero-order valence-electron chi connectivity index (χ0n) is 12.1. The maximum absolute atomic E-state index is 13.4. The van der Waals surface area contributed by atoms with Crippen LogP contribution in [0, 0.1) is 5.82 Å². The maximum Gasteiger partial charge on any atom is 0.123 e. The number of aromatic hydroxyl groups is 1. The van der Waals surface area contributed by atoms with Gasteiger partial charge in [0.05, 0.1) is 0 Å². The van der Waals surface area contributed by atoms with Crippen molar-refractivity contribution in [2.45, 2.75) is 38.3 Å². The molecular weight excluding hydrogens is 255 g/mol. The Morgan fingerprint density at radius 1 is 1.25 bits per heavy atom. The molecule has 1 aromatic rings. The minimum absolute atomic E-state index is 0.0679. The van der Waals surface area contributed by atoms with Gasteiger partial charge in [0.1, 0.15) is 11.6 Å². The molecule has 0 amide bonds. The van der Waals surface area contributed by atoms with Crippen LogP contribution in [-0.4, -0.2) is 47.1 Å². The van der Waals surface area contributed by atoms with E-state index in [1.807, 2.05) is 0 Å². The maximum atomic E-state index is 13.4. The summed E-state index contributed by atoms with van der Waals surface area (Å²) in [6.45, 7) is 6.55. The molecule has 2 fully saturated rings. The van der Waals surface area contributed by atoms with Gasteiger partial charge in [-0.1, -0.05) is 0 Å². The molecular formula is C16H23FN2O. The highest BCUT2D eigenvalue weighted by atomic mass is 19.1. The van der Waals surface area contributed by atoms with E-state index in [0.717, 1.165) is 13.1 Å². The van der Waals surface area contributed by atoms with Crippen LogP contribution in [0.25, 0.3) is 0 Å². The van der Waals surface area contributed by atoms with Crippen LogP contribution in [0.1, 0.15) is 37.8 Å². The standard InChI is InChI=1S/C16H23FN2O/c1-12(15-10-13(17)4-5-16(15)20)19-9-6-14(11-19)18-7-2-3-8-18/h4-5,10,12,14,20H,2-3,6-9,11H2,1H3. The summed E-state index contributed by atoms with van der Waals surface area (Å²) in [6.07, 6.45) is 3.81. The van der Waals surface area contributed by atoms with Crippen LogP contribution in [0.2, 0.25) is 0 Å². The van der Waals surface area contributed by atoms with Crippen molar-refractivity contribution in [2.75, 3.05) is 26.2 Å². The van der Waals surface area contributed by atoms with Gasteiger partial charge in [0.15, 0.2) is 0 Å². The third-order valence-corrected chi connectivity index (χ3v) is 4.84.